The Labute approximate surface area is 489 Å². The van der Waals surface area contributed by atoms with Gasteiger partial charge in [0.25, 0.3) is 0 Å². The van der Waals surface area contributed by atoms with E-state index in [-0.39, 0.29) is 31.1 Å². The van der Waals surface area contributed by atoms with Crippen LogP contribution in [-0.2, 0) is 28.6 Å². The summed E-state index contributed by atoms with van der Waals surface area (Å²) in [4.78, 5) is 38.1. The van der Waals surface area contributed by atoms with Crippen molar-refractivity contribution in [1.82, 2.24) is 0 Å². The largest absolute Gasteiger partial charge is 0.462 e. The average molecular weight is 1100 g/mol. The summed E-state index contributed by atoms with van der Waals surface area (Å²) in [5.74, 6) is -0.882. The number of unbranched alkanes of at least 4 members (excludes halogenated alkanes) is 34. The molecule has 1 unspecified atom stereocenters. The molecule has 0 radical (unpaired) electrons. The van der Waals surface area contributed by atoms with E-state index in [9.17, 15) is 14.4 Å². The first kappa shape index (κ1) is 75.3. The van der Waals surface area contributed by atoms with E-state index in [4.69, 9.17) is 14.2 Å². The lowest BCUT2D eigenvalue weighted by molar-refractivity contribution is -0.167. The Balaban J connectivity index is 4.13. The SMILES string of the molecule is CC/C=C\C/C=C\C/C=C\C/C=C\C/C=C\C/C=C\CCCCCCCCCCC(=O)OCC(COC(=O)CCCCCCCCC)OC(=O)CCCCCCCCCCCCCCCCC/C=C\C/C=C\CCCCCCC. The standard InChI is InChI=1S/C73H126O6/c1-4-7-10-13-16-18-20-22-24-26-28-30-32-34-36-38-40-42-44-46-48-50-52-54-57-60-63-66-72(75)78-69-70(68-77-71(74)65-62-59-56-15-12-9-6-3)79-73(76)67-64-61-58-55-53-51-49-47-45-43-41-39-37-35-33-31-29-27-25-23-21-19-17-14-11-8-5-2/h7,10,16,18,21-24,27-30,34,36,40,42,70H,4-6,8-9,11-15,17,19-20,25-26,31-33,35,37-39,41,43-69H2,1-3H3/b10-7-,18-16-,23-21-,24-22-,29-27-,30-28-,36-34-,42-40-. The first-order valence-electron chi connectivity index (χ1n) is 33.7. The van der Waals surface area contributed by atoms with Crippen LogP contribution in [0.1, 0.15) is 329 Å². The molecule has 0 fully saturated rings. The van der Waals surface area contributed by atoms with Crippen molar-refractivity contribution < 1.29 is 28.6 Å². The molecule has 0 saturated heterocycles. The van der Waals surface area contributed by atoms with Gasteiger partial charge in [-0.25, -0.2) is 0 Å². The Morgan fingerprint density at radius 1 is 0.266 bits per heavy atom. The van der Waals surface area contributed by atoms with Crippen LogP contribution in [0, 0.1) is 0 Å². The third kappa shape index (κ3) is 65.0. The normalized spacial score (nSPS) is 12.7. The number of carbonyl (C=O) groups excluding carboxylic acids is 3. The Morgan fingerprint density at radius 2 is 0.494 bits per heavy atom. The maximum absolute atomic E-state index is 12.9. The molecule has 0 saturated carbocycles. The second-order valence-electron chi connectivity index (χ2n) is 22.4. The minimum atomic E-state index is -0.779. The zero-order valence-electron chi connectivity index (χ0n) is 52.1. The summed E-state index contributed by atoms with van der Waals surface area (Å²) in [6.45, 7) is 6.50. The van der Waals surface area contributed by atoms with Crippen molar-refractivity contribution >= 4 is 17.9 Å². The number of esters is 3. The average Bonchev–Trinajstić information content (AvgIpc) is 3.45. The van der Waals surface area contributed by atoms with Gasteiger partial charge in [-0.15, -0.1) is 0 Å². The van der Waals surface area contributed by atoms with E-state index in [1.807, 2.05) is 0 Å². The number of ether oxygens (including phenoxy) is 3. The molecule has 0 aliphatic carbocycles. The highest BCUT2D eigenvalue weighted by Gasteiger charge is 2.19. The van der Waals surface area contributed by atoms with Gasteiger partial charge in [0.15, 0.2) is 6.10 Å². The van der Waals surface area contributed by atoms with Crippen molar-refractivity contribution in [2.75, 3.05) is 13.2 Å². The first-order chi connectivity index (χ1) is 39.0. The highest BCUT2D eigenvalue weighted by molar-refractivity contribution is 5.71. The number of hydrogen-bond donors (Lipinski definition) is 0. The van der Waals surface area contributed by atoms with Crippen molar-refractivity contribution in [2.24, 2.45) is 0 Å². The lowest BCUT2D eigenvalue weighted by Gasteiger charge is -2.18. The molecule has 0 aliphatic rings. The molecule has 0 heterocycles. The molecule has 1 atom stereocenters. The fraction of sp³-hybridized carbons (Fsp3) is 0.740. The number of hydrogen-bond acceptors (Lipinski definition) is 6. The fourth-order valence-corrected chi connectivity index (χ4v) is 9.54. The Kier molecular flexibility index (Phi) is 63.7. The lowest BCUT2D eigenvalue weighted by atomic mass is 10.0. The van der Waals surface area contributed by atoms with Crippen LogP contribution >= 0.6 is 0 Å². The second-order valence-corrected chi connectivity index (χ2v) is 22.4. The molecule has 454 valence electrons. The Morgan fingerprint density at radius 3 is 0.772 bits per heavy atom. The smallest absolute Gasteiger partial charge is 0.306 e. The monoisotopic (exact) mass is 1100 g/mol. The zero-order chi connectivity index (χ0) is 57.1. The molecule has 0 spiro atoms. The van der Waals surface area contributed by atoms with Gasteiger partial charge in [-0.05, 0) is 103 Å². The van der Waals surface area contributed by atoms with Gasteiger partial charge in [0, 0.05) is 19.3 Å². The van der Waals surface area contributed by atoms with Gasteiger partial charge < -0.3 is 14.2 Å². The van der Waals surface area contributed by atoms with Gasteiger partial charge >= 0.3 is 17.9 Å². The molecule has 0 rings (SSSR count). The summed E-state index contributed by atoms with van der Waals surface area (Å²) in [6, 6.07) is 0. The summed E-state index contributed by atoms with van der Waals surface area (Å²) in [5, 5.41) is 0. The van der Waals surface area contributed by atoms with Crippen molar-refractivity contribution in [3.05, 3.63) is 97.2 Å². The summed E-state index contributed by atoms with van der Waals surface area (Å²) < 4.78 is 16.9. The highest BCUT2D eigenvalue weighted by atomic mass is 16.6. The minimum absolute atomic E-state index is 0.0776. The van der Waals surface area contributed by atoms with E-state index < -0.39 is 6.10 Å². The number of carbonyl (C=O) groups is 3. The van der Waals surface area contributed by atoms with E-state index in [0.717, 1.165) is 109 Å². The van der Waals surface area contributed by atoms with Crippen LogP contribution in [-0.4, -0.2) is 37.2 Å². The molecule has 0 aliphatic heterocycles. The quantitative estimate of drug-likeness (QED) is 0.0261. The highest BCUT2D eigenvalue weighted by Crippen LogP contribution is 2.17. The first-order valence-corrected chi connectivity index (χ1v) is 33.7. The maximum atomic E-state index is 12.9. The van der Waals surface area contributed by atoms with Crippen molar-refractivity contribution in [2.45, 2.75) is 335 Å². The van der Waals surface area contributed by atoms with Gasteiger partial charge in [0.2, 0.25) is 0 Å². The third-order valence-corrected chi connectivity index (χ3v) is 14.6. The van der Waals surface area contributed by atoms with Gasteiger partial charge in [0.05, 0.1) is 0 Å². The van der Waals surface area contributed by atoms with Crippen LogP contribution in [0.15, 0.2) is 97.2 Å². The molecule has 79 heavy (non-hydrogen) atoms. The van der Waals surface area contributed by atoms with Crippen LogP contribution in [0.3, 0.4) is 0 Å². The second kappa shape index (κ2) is 66.8. The Hall–Kier alpha value is -3.67. The maximum Gasteiger partial charge on any atom is 0.306 e. The van der Waals surface area contributed by atoms with Crippen molar-refractivity contribution in [1.29, 1.82) is 0 Å². The fourth-order valence-electron chi connectivity index (χ4n) is 9.54. The van der Waals surface area contributed by atoms with Crippen LogP contribution in [0.4, 0.5) is 0 Å². The van der Waals surface area contributed by atoms with Gasteiger partial charge in [0.1, 0.15) is 13.2 Å². The molecule has 0 aromatic heterocycles. The van der Waals surface area contributed by atoms with Crippen molar-refractivity contribution in [3.63, 3.8) is 0 Å². The molecule has 0 amide bonds. The molecular formula is C73H126O6. The van der Waals surface area contributed by atoms with Crippen LogP contribution < -0.4 is 0 Å². The number of allylic oxidation sites excluding steroid dienone is 16. The van der Waals surface area contributed by atoms with E-state index >= 15 is 0 Å². The summed E-state index contributed by atoms with van der Waals surface area (Å²) in [6.07, 6.45) is 90.2. The molecular weight excluding hydrogens is 973 g/mol. The predicted molar refractivity (Wildman–Crippen MR) is 344 cm³/mol. The molecule has 0 aromatic carbocycles. The molecule has 6 heteroatoms. The molecule has 0 bridgehead atoms. The van der Waals surface area contributed by atoms with Gasteiger partial charge in [-0.2, -0.15) is 0 Å². The minimum Gasteiger partial charge on any atom is -0.462 e. The number of rotatable bonds is 61. The summed E-state index contributed by atoms with van der Waals surface area (Å²) in [5.41, 5.74) is 0. The van der Waals surface area contributed by atoms with Gasteiger partial charge in [-0.3, -0.25) is 14.4 Å². The summed E-state index contributed by atoms with van der Waals surface area (Å²) in [7, 11) is 0. The molecule has 0 N–H and O–H groups in total. The van der Waals surface area contributed by atoms with E-state index in [1.165, 1.54) is 180 Å². The van der Waals surface area contributed by atoms with Crippen LogP contribution in [0.25, 0.3) is 0 Å². The van der Waals surface area contributed by atoms with Crippen molar-refractivity contribution in [3.8, 4) is 0 Å². The van der Waals surface area contributed by atoms with Crippen LogP contribution in [0.2, 0.25) is 0 Å². The third-order valence-electron chi connectivity index (χ3n) is 14.6. The zero-order valence-corrected chi connectivity index (χ0v) is 52.1. The summed E-state index contributed by atoms with van der Waals surface area (Å²) >= 11 is 0. The predicted octanol–water partition coefficient (Wildman–Crippen LogP) is 23.2. The van der Waals surface area contributed by atoms with Gasteiger partial charge in [-0.1, -0.05) is 304 Å². The van der Waals surface area contributed by atoms with E-state index in [1.54, 1.807) is 0 Å². The topological polar surface area (TPSA) is 78.9 Å². The van der Waals surface area contributed by atoms with E-state index in [2.05, 4.69) is 118 Å². The molecule has 6 nitrogen and oxygen atoms in total. The molecule has 0 aromatic rings. The van der Waals surface area contributed by atoms with Crippen LogP contribution in [0.5, 0.6) is 0 Å². The van der Waals surface area contributed by atoms with E-state index in [0.29, 0.717) is 19.3 Å². The Bertz CT molecular complexity index is 1540. The lowest BCUT2D eigenvalue weighted by Crippen LogP contribution is -2.30.